The number of carbonyl (C=O) groups excluding carboxylic acids is 1. The highest BCUT2D eigenvalue weighted by Crippen LogP contribution is 2.11. The number of hydrogen-bond acceptors (Lipinski definition) is 4. The summed E-state index contributed by atoms with van der Waals surface area (Å²) in [5.41, 5.74) is -0.509. The van der Waals surface area contributed by atoms with E-state index >= 15 is 0 Å². The first-order chi connectivity index (χ1) is 9.13. The van der Waals surface area contributed by atoms with E-state index in [4.69, 9.17) is 10.4 Å². The van der Waals surface area contributed by atoms with Gasteiger partial charge in [-0.15, -0.1) is 0 Å². The van der Waals surface area contributed by atoms with Gasteiger partial charge in [-0.2, -0.15) is 5.26 Å². The Kier molecular flexibility index (Phi) is 10.9. The molecule has 0 rings (SSSR count). The van der Waals surface area contributed by atoms with Crippen molar-refractivity contribution in [1.82, 2.24) is 0 Å². The van der Waals surface area contributed by atoms with Crippen LogP contribution >= 0.6 is 0 Å². The molecule has 0 bridgehead atoms. The summed E-state index contributed by atoms with van der Waals surface area (Å²) in [7, 11) is 0. The minimum absolute atomic E-state index is 0.506. The number of rotatable bonds is 11. The Morgan fingerprint density at radius 1 is 1.00 bits per heavy atom. The summed E-state index contributed by atoms with van der Waals surface area (Å²) in [6.45, 7) is 2.18. The average molecular weight is 272 g/mol. The fourth-order valence-corrected chi connectivity index (χ4v) is 1.83. The third kappa shape index (κ3) is 9.25. The molecule has 0 aromatic carbocycles. The van der Waals surface area contributed by atoms with E-state index < -0.39 is 17.5 Å². The summed E-state index contributed by atoms with van der Waals surface area (Å²) in [5.74, 6) is -2.59. The number of carboxylic acid groups (broad SMARTS) is 1. The molecule has 19 heavy (non-hydrogen) atoms. The van der Waals surface area contributed by atoms with Crippen molar-refractivity contribution in [3.8, 4) is 0 Å². The van der Waals surface area contributed by atoms with Crippen LogP contribution in [0.25, 0.3) is 0 Å². The molecule has 2 N–H and O–H groups in total. The molecule has 0 saturated carbocycles. The summed E-state index contributed by atoms with van der Waals surface area (Å²) in [6.07, 6.45) is 11.1. The van der Waals surface area contributed by atoms with E-state index in [1.165, 1.54) is 38.2 Å². The number of carboxylic acids is 1. The van der Waals surface area contributed by atoms with E-state index in [1.54, 1.807) is 0 Å². The lowest BCUT2D eigenvalue weighted by molar-refractivity contribution is -0.229. The normalized spacial score (nSPS) is 11.4. The van der Waals surface area contributed by atoms with E-state index in [0.29, 0.717) is 6.42 Å². The molecule has 0 aromatic heterocycles. The second-order valence-corrected chi connectivity index (χ2v) is 4.57. The zero-order valence-corrected chi connectivity index (χ0v) is 11.6. The van der Waals surface area contributed by atoms with Crippen LogP contribution in [0.4, 0.5) is 0 Å². The number of unbranched alkanes of at least 4 members (excludes halogenated alkanes) is 8. The predicted octanol–water partition coefficient (Wildman–Crippen LogP) is 3.54. The molecule has 0 spiro atoms. The van der Waals surface area contributed by atoms with Crippen LogP contribution in [0.2, 0.25) is 0 Å². The molecule has 0 radical (unpaired) electrons. The second kappa shape index (κ2) is 11.7. The topological polar surface area (TPSA) is 83.8 Å². The Bertz CT molecular complexity index is 296. The van der Waals surface area contributed by atoms with Gasteiger partial charge in [-0.05, 0) is 12.8 Å². The smallest absolute Gasteiger partial charge is 0.379 e. The zero-order valence-electron chi connectivity index (χ0n) is 11.6. The SMILES string of the molecule is CCCCCCCCCCC=C(C(=O)O)C(=O)OO. The van der Waals surface area contributed by atoms with E-state index in [-0.39, 0.29) is 0 Å². The molecular formula is C14H24O5. The van der Waals surface area contributed by atoms with Gasteiger partial charge in [-0.3, -0.25) is 4.89 Å². The largest absolute Gasteiger partial charge is 0.477 e. The molecule has 0 unspecified atom stereocenters. The van der Waals surface area contributed by atoms with Crippen molar-refractivity contribution in [3.63, 3.8) is 0 Å². The highest BCUT2D eigenvalue weighted by Gasteiger charge is 2.18. The maximum atomic E-state index is 10.9. The molecule has 0 saturated heterocycles. The molecule has 0 fully saturated rings. The van der Waals surface area contributed by atoms with Crippen molar-refractivity contribution in [2.45, 2.75) is 64.7 Å². The standard InChI is InChI=1S/C14H24O5/c1-2-3-4-5-6-7-8-9-10-11-12(13(15)16)14(17)19-18/h11,18H,2-10H2,1H3,(H,15,16). The van der Waals surface area contributed by atoms with Crippen molar-refractivity contribution in [3.05, 3.63) is 11.6 Å². The maximum absolute atomic E-state index is 10.9. The monoisotopic (exact) mass is 272 g/mol. The molecule has 0 aliphatic rings. The van der Waals surface area contributed by atoms with Crippen molar-refractivity contribution >= 4 is 11.9 Å². The minimum Gasteiger partial charge on any atom is -0.477 e. The Hall–Kier alpha value is -1.36. The lowest BCUT2D eigenvalue weighted by Crippen LogP contribution is -2.13. The molecular weight excluding hydrogens is 248 g/mol. The summed E-state index contributed by atoms with van der Waals surface area (Å²) in [5, 5.41) is 16.9. The zero-order chi connectivity index (χ0) is 14.5. The highest BCUT2D eigenvalue weighted by molar-refractivity contribution is 6.12. The van der Waals surface area contributed by atoms with Gasteiger partial charge < -0.3 is 5.11 Å². The molecule has 0 heterocycles. The fraction of sp³-hybridized carbons (Fsp3) is 0.714. The van der Waals surface area contributed by atoms with Crippen molar-refractivity contribution in [2.24, 2.45) is 0 Å². The summed E-state index contributed by atoms with van der Waals surface area (Å²) in [6, 6.07) is 0. The molecule has 0 atom stereocenters. The molecule has 0 aliphatic carbocycles. The van der Waals surface area contributed by atoms with E-state index in [2.05, 4.69) is 11.8 Å². The van der Waals surface area contributed by atoms with Crippen LogP contribution in [0.3, 0.4) is 0 Å². The molecule has 110 valence electrons. The number of hydrogen-bond donors (Lipinski definition) is 2. The van der Waals surface area contributed by atoms with Gasteiger partial charge >= 0.3 is 11.9 Å². The minimum atomic E-state index is -1.38. The lowest BCUT2D eigenvalue weighted by atomic mass is 10.1. The number of aliphatic carboxylic acids is 1. The van der Waals surface area contributed by atoms with Gasteiger partial charge in [0, 0.05) is 0 Å². The van der Waals surface area contributed by atoms with Crippen LogP contribution < -0.4 is 0 Å². The van der Waals surface area contributed by atoms with Crippen LogP contribution in [0.5, 0.6) is 0 Å². The highest BCUT2D eigenvalue weighted by atomic mass is 17.1. The Balaban J connectivity index is 3.70. The second-order valence-electron chi connectivity index (χ2n) is 4.57. The number of carbonyl (C=O) groups is 2. The summed E-state index contributed by atoms with van der Waals surface area (Å²) in [4.78, 5) is 25.0. The van der Waals surface area contributed by atoms with Crippen LogP contribution in [0, 0.1) is 0 Å². The first-order valence-corrected chi connectivity index (χ1v) is 6.92. The van der Waals surface area contributed by atoms with Crippen LogP contribution in [-0.4, -0.2) is 22.3 Å². The quantitative estimate of drug-likeness (QED) is 0.150. The van der Waals surface area contributed by atoms with Gasteiger partial charge in [-0.25, -0.2) is 9.59 Å². The van der Waals surface area contributed by atoms with E-state index in [9.17, 15) is 9.59 Å². The summed E-state index contributed by atoms with van der Waals surface area (Å²) >= 11 is 0. The number of allylic oxidation sites excluding steroid dienone is 1. The van der Waals surface area contributed by atoms with Crippen molar-refractivity contribution in [2.75, 3.05) is 0 Å². The van der Waals surface area contributed by atoms with E-state index in [0.717, 1.165) is 19.3 Å². The van der Waals surface area contributed by atoms with Gasteiger partial charge in [0.25, 0.3) is 0 Å². The van der Waals surface area contributed by atoms with Gasteiger partial charge in [0.1, 0.15) is 5.57 Å². The molecule has 0 aliphatic heterocycles. The van der Waals surface area contributed by atoms with Gasteiger partial charge in [0.2, 0.25) is 0 Å². The third-order valence-electron chi connectivity index (χ3n) is 2.94. The van der Waals surface area contributed by atoms with Crippen molar-refractivity contribution < 1.29 is 24.8 Å². The average Bonchev–Trinajstić information content (AvgIpc) is 2.40. The van der Waals surface area contributed by atoms with Crippen LogP contribution in [0.1, 0.15) is 64.7 Å². The van der Waals surface area contributed by atoms with Gasteiger partial charge in [-0.1, -0.05) is 57.9 Å². The first-order valence-electron chi connectivity index (χ1n) is 6.92. The molecule has 0 amide bonds. The summed E-state index contributed by atoms with van der Waals surface area (Å²) < 4.78 is 0. The Morgan fingerprint density at radius 3 is 2.00 bits per heavy atom. The molecule has 0 aromatic rings. The van der Waals surface area contributed by atoms with Gasteiger partial charge in [0.15, 0.2) is 0 Å². The van der Waals surface area contributed by atoms with Gasteiger partial charge in [0.05, 0.1) is 0 Å². The lowest BCUT2D eigenvalue weighted by Gasteiger charge is -2.01. The predicted molar refractivity (Wildman–Crippen MR) is 71.7 cm³/mol. The maximum Gasteiger partial charge on any atom is 0.379 e. The van der Waals surface area contributed by atoms with Crippen LogP contribution in [0.15, 0.2) is 11.6 Å². The fourth-order valence-electron chi connectivity index (χ4n) is 1.83. The molecule has 5 nitrogen and oxygen atoms in total. The Morgan fingerprint density at radius 2 is 1.53 bits per heavy atom. The third-order valence-corrected chi connectivity index (χ3v) is 2.94. The first kappa shape index (κ1) is 17.6. The van der Waals surface area contributed by atoms with Crippen molar-refractivity contribution in [1.29, 1.82) is 0 Å². The van der Waals surface area contributed by atoms with Crippen LogP contribution in [-0.2, 0) is 14.5 Å². The Labute approximate surface area is 114 Å². The van der Waals surface area contributed by atoms with E-state index in [1.807, 2.05) is 0 Å². The molecule has 5 heteroatoms.